The van der Waals surface area contributed by atoms with Gasteiger partial charge in [0, 0.05) is 11.3 Å². The molecule has 2 rings (SSSR count). The Kier molecular flexibility index (Phi) is 3.35. The lowest BCUT2D eigenvalue weighted by Crippen LogP contribution is -2.04. The molecule has 1 aromatic carbocycles. The van der Waals surface area contributed by atoms with Gasteiger partial charge in [0.1, 0.15) is 11.3 Å². The van der Waals surface area contributed by atoms with Crippen molar-refractivity contribution >= 4 is 11.7 Å². The van der Waals surface area contributed by atoms with Gasteiger partial charge in [-0.3, -0.25) is 0 Å². The van der Waals surface area contributed by atoms with E-state index >= 15 is 0 Å². The molecule has 1 heterocycles. The molecule has 4 nitrogen and oxygen atoms in total. The van der Waals surface area contributed by atoms with Crippen molar-refractivity contribution in [3.05, 3.63) is 53.5 Å². The summed E-state index contributed by atoms with van der Waals surface area (Å²) in [6.45, 7) is 0.294. The normalized spacial score (nSPS) is 9.72. The van der Waals surface area contributed by atoms with Gasteiger partial charge in [0.15, 0.2) is 0 Å². The molecule has 0 aliphatic rings. The van der Waals surface area contributed by atoms with Crippen LogP contribution in [-0.4, -0.2) is 11.1 Å². The second-order valence-corrected chi connectivity index (χ2v) is 3.64. The number of nitrogens with one attached hydrogen (secondary N) is 1. The fourth-order valence-electron chi connectivity index (χ4n) is 1.57. The van der Waals surface area contributed by atoms with Crippen LogP contribution >= 0.6 is 0 Å². The van der Waals surface area contributed by atoms with Crippen LogP contribution in [0, 0.1) is 12.3 Å². The fraction of sp³-hybridized carbons (Fsp3) is 0.0714. The van der Waals surface area contributed by atoms with Crippen molar-refractivity contribution in [1.29, 1.82) is 0 Å². The van der Waals surface area contributed by atoms with Crippen LogP contribution < -0.4 is 5.32 Å². The number of carboxylic acid groups (broad SMARTS) is 1. The summed E-state index contributed by atoms with van der Waals surface area (Å²) in [5.41, 5.74) is 1.74. The van der Waals surface area contributed by atoms with Crippen LogP contribution in [0.1, 0.15) is 21.7 Å². The quantitative estimate of drug-likeness (QED) is 0.807. The molecule has 18 heavy (non-hydrogen) atoms. The summed E-state index contributed by atoms with van der Waals surface area (Å²) < 4.78 is 5.12. The van der Waals surface area contributed by atoms with Crippen LogP contribution in [0.15, 0.2) is 41.0 Å². The van der Waals surface area contributed by atoms with Gasteiger partial charge in [-0.1, -0.05) is 12.0 Å². The third-order valence-electron chi connectivity index (χ3n) is 2.46. The summed E-state index contributed by atoms with van der Waals surface area (Å²) in [6, 6.07) is 8.74. The van der Waals surface area contributed by atoms with Crippen LogP contribution in [0.25, 0.3) is 0 Å². The van der Waals surface area contributed by atoms with E-state index in [1.807, 2.05) is 24.3 Å². The van der Waals surface area contributed by atoms with Gasteiger partial charge in [-0.25, -0.2) is 4.79 Å². The summed E-state index contributed by atoms with van der Waals surface area (Å²) in [6.07, 6.45) is 6.66. The SMILES string of the molecule is C#Cc1cccc(NCc2occc2C(=O)O)c1. The maximum atomic E-state index is 10.9. The van der Waals surface area contributed by atoms with Gasteiger partial charge in [-0.2, -0.15) is 0 Å². The van der Waals surface area contributed by atoms with Crippen LogP contribution in [0.5, 0.6) is 0 Å². The van der Waals surface area contributed by atoms with E-state index in [9.17, 15) is 4.79 Å². The molecule has 1 aromatic heterocycles. The van der Waals surface area contributed by atoms with Crippen LogP contribution in [0.2, 0.25) is 0 Å². The van der Waals surface area contributed by atoms with Crippen LogP contribution in [0.4, 0.5) is 5.69 Å². The zero-order valence-electron chi connectivity index (χ0n) is 9.51. The summed E-state index contributed by atoms with van der Waals surface area (Å²) in [5, 5.41) is 12.0. The lowest BCUT2D eigenvalue weighted by atomic mass is 10.2. The van der Waals surface area contributed by atoms with Crippen molar-refractivity contribution in [3.63, 3.8) is 0 Å². The molecule has 4 heteroatoms. The zero-order chi connectivity index (χ0) is 13.0. The van der Waals surface area contributed by atoms with Gasteiger partial charge < -0.3 is 14.8 Å². The Labute approximate surface area is 104 Å². The summed E-state index contributed by atoms with van der Waals surface area (Å²) in [4.78, 5) is 10.9. The Hall–Kier alpha value is -2.67. The first-order valence-corrected chi connectivity index (χ1v) is 5.31. The fourth-order valence-corrected chi connectivity index (χ4v) is 1.57. The molecule has 0 aliphatic carbocycles. The van der Waals surface area contributed by atoms with E-state index in [0.717, 1.165) is 11.3 Å². The molecule has 2 N–H and O–H groups in total. The standard InChI is InChI=1S/C14H11NO3/c1-2-10-4-3-5-11(8-10)15-9-13-12(14(16)17)6-7-18-13/h1,3-8,15H,9H2,(H,16,17). The molecule has 0 bridgehead atoms. The number of anilines is 1. The second kappa shape index (κ2) is 5.11. The lowest BCUT2D eigenvalue weighted by Gasteiger charge is -2.05. The zero-order valence-corrected chi connectivity index (χ0v) is 9.51. The summed E-state index contributed by atoms with van der Waals surface area (Å²) in [5.74, 6) is 1.91. The van der Waals surface area contributed by atoms with E-state index in [-0.39, 0.29) is 5.56 Å². The van der Waals surface area contributed by atoms with Gasteiger partial charge in [0.2, 0.25) is 0 Å². The first-order chi connectivity index (χ1) is 8.70. The molecule has 0 saturated heterocycles. The van der Waals surface area contributed by atoms with E-state index in [2.05, 4.69) is 11.2 Å². The predicted octanol–water partition coefficient (Wildman–Crippen LogP) is 2.57. The van der Waals surface area contributed by atoms with Gasteiger partial charge in [0.05, 0.1) is 12.8 Å². The van der Waals surface area contributed by atoms with Crippen molar-refractivity contribution in [3.8, 4) is 12.3 Å². The molecular formula is C14H11NO3. The Morgan fingerprint density at radius 2 is 2.28 bits per heavy atom. The Balaban J connectivity index is 2.09. The maximum Gasteiger partial charge on any atom is 0.339 e. The predicted molar refractivity (Wildman–Crippen MR) is 67.4 cm³/mol. The number of hydrogen-bond acceptors (Lipinski definition) is 3. The molecule has 90 valence electrons. The van der Waals surface area contributed by atoms with Crippen molar-refractivity contribution in [2.45, 2.75) is 6.54 Å². The van der Waals surface area contributed by atoms with E-state index in [0.29, 0.717) is 12.3 Å². The highest BCUT2D eigenvalue weighted by Crippen LogP contribution is 2.15. The summed E-state index contributed by atoms with van der Waals surface area (Å²) >= 11 is 0. The van der Waals surface area contributed by atoms with Gasteiger partial charge >= 0.3 is 5.97 Å². The number of aromatic carboxylic acids is 1. The summed E-state index contributed by atoms with van der Waals surface area (Å²) in [7, 11) is 0. The second-order valence-electron chi connectivity index (χ2n) is 3.64. The lowest BCUT2D eigenvalue weighted by molar-refractivity contribution is 0.0694. The van der Waals surface area contributed by atoms with E-state index in [4.69, 9.17) is 15.9 Å². The van der Waals surface area contributed by atoms with Crippen LogP contribution in [-0.2, 0) is 6.54 Å². The molecule has 0 atom stereocenters. The highest BCUT2D eigenvalue weighted by atomic mass is 16.4. The maximum absolute atomic E-state index is 10.9. The Morgan fingerprint density at radius 1 is 1.44 bits per heavy atom. The van der Waals surface area contributed by atoms with Gasteiger partial charge in [-0.05, 0) is 24.3 Å². The highest BCUT2D eigenvalue weighted by Gasteiger charge is 2.12. The van der Waals surface area contributed by atoms with Crippen molar-refractivity contribution < 1.29 is 14.3 Å². The number of benzene rings is 1. The highest BCUT2D eigenvalue weighted by molar-refractivity contribution is 5.88. The van der Waals surface area contributed by atoms with E-state index in [1.165, 1.54) is 12.3 Å². The number of rotatable bonds is 4. The first kappa shape index (κ1) is 11.8. The minimum atomic E-state index is -1.00. The van der Waals surface area contributed by atoms with Gasteiger partial charge in [-0.15, -0.1) is 6.42 Å². The molecule has 2 aromatic rings. The molecule has 0 aliphatic heterocycles. The third kappa shape index (κ3) is 2.53. The molecule has 0 radical (unpaired) electrons. The molecule has 0 fully saturated rings. The first-order valence-electron chi connectivity index (χ1n) is 5.31. The number of carbonyl (C=O) groups is 1. The average molecular weight is 241 g/mol. The smallest absolute Gasteiger partial charge is 0.339 e. The van der Waals surface area contributed by atoms with Crippen LogP contribution in [0.3, 0.4) is 0 Å². The molecule has 0 amide bonds. The average Bonchev–Trinajstić information content (AvgIpc) is 2.85. The number of furan rings is 1. The number of hydrogen-bond donors (Lipinski definition) is 2. The van der Waals surface area contributed by atoms with Crippen molar-refractivity contribution in [2.24, 2.45) is 0 Å². The van der Waals surface area contributed by atoms with Crippen molar-refractivity contribution in [2.75, 3.05) is 5.32 Å². The van der Waals surface area contributed by atoms with Gasteiger partial charge in [0.25, 0.3) is 0 Å². The minimum absolute atomic E-state index is 0.163. The third-order valence-corrected chi connectivity index (χ3v) is 2.46. The minimum Gasteiger partial charge on any atom is -0.478 e. The molecule has 0 saturated carbocycles. The molecular weight excluding hydrogens is 230 g/mol. The molecule has 0 unspecified atom stereocenters. The van der Waals surface area contributed by atoms with E-state index in [1.54, 1.807) is 0 Å². The topological polar surface area (TPSA) is 62.5 Å². The Bertz CT molecular complexity index is 607. The van der Waals surface area contributed by atoms with Crippen molar-refractivity contribution in [1.82, 2.24) is 0 Å². The monoisotopic (exact) mass is 241 g/mol. The van der Waals surface area contributed by atoms with E-state index < -0.39 is 5.97 Å². The number of terminal acetylenes is 1. The largest absolute Gasteiger partial charge is 0.478 e. The molecule has 0 spiro atoms. The Morgan fingerprint density at radius 3 is 3.00 bits per heavy atom. The number of carboxylic acids is 1.